The van der Waals surface area contributed by atoms with Crippen molar-refractivity contribution in [3.05, 3.63) is 60.9 Å². The van der Waals surface area contributed by atoms with Gasteiger partial charge in [-0.2, -0.15) is 0 Å². The molecule has 94 valence electrons. The molecule has 3 heteroatoms. The first-order valence-corrected chi connectivity index (χ1v) is 5.94. The zero-order chi connectivity index (χ0) is 13.2. The minimum atomic E-state index is -0.293. The van der Waals surface area contributed by atoms with E-state index < -0.39 is 0 Å². The number of likely N-dealkylation sites (N-methyl/N-ethyl adjacent to an activating group) is 1. The van der Waals surface area contributed by atoms with Gasteiger partial charge in [0.1, 0.15) is 0 Å². The molecule has 0 saturated heterocycles. The smallest absolute Gasteiger partial charge is 0.256 e. The molecule has 0 N–H and O–H groups in total. The summed E-state index contributed by atoms with van der Waals surface area (Å²) in [6, 6.07) is 9.46. The van der Waals surface area contributed by atoms with Crippen molar-refractivity contribution in [2.75, 3.05) is 14.1 Å². The van der Waals surface area contributed by atoms with Gasteiger partial charge in [-0.15, -0.1) is 0 Å². The standard InChI is InChI=1S/C15H18NO2/c1-4-13(17)15(12-8-6-5-7-9-12)16(2,3)14-10-11-18-14/h4-11,14-15H,1H2,2-3H3/q+1. The van der Waals surface area contributed by atoms with E-state index in [4.69, 9.17) is 4.74 Å². The van der Waals surface area contributed by atoms with Gasteiger partial charge in [-0.3, -0.25) is 9.28 Å². The average molecular weight is 244 g/mol. The number of carbonyl (C=O) groups is 1. The van der Waals surface area contributed by atoms with Crippen LogP contribution in [-0.2, 0) is 9.53 Å². The highest BCUT2D eigenvalue weighted by Crippen LogP contribution is 2.32. The molecule has 0 fully saturated rings. The van der Waals surface area contributed by atoms with Gasteiger partial charge >= 0.3 is 0 Å². The van der Waals surface area contributed by atoms with E-state index in [1.165, 1.54) is 6.08 Å². The number of ether oxygens (including phenoxy) is 1. The Hall–Kier alpha value is -1.87. The SMILES string of the molecule is C=CC(=O)C(c1ccccc1)[N+](C)(C)C1C=CO1. The maximum absolute atomic E-state index is 12.2. The van der Waals surface area contributed by atoms with Crippen LogP contribution in [0.4, 0.5) is 0 Å². The first-order chi connectivity index (χ1) is 8.57. The van der Waals surface area contributed by atoms with Gasteiger partial charge in [-0.05, 0) is 6.08 Å². The third kappa shape index (κ3) is 2.09. The van der Waals surface area contributed by atoms with Crippen LogP contribution in [0, 0.1) is 0 Å². The summed E-state index contributed by atoms with van der Waals surface area (Å²) in [6.45, 7) is 3.61. The monoisotopic (exact) mass is 244 g/mol. The lowest BCUT2D eigenvalue weighted by Gasteiger charge is -2.43. The van der Waals surface area contributed by atoms with Crippen LogP contribution < -0.4 is 0 Å². The second-order valence-corrected chi connectivity index (χ2v) is 4.90. The van der Waals surface area contributed by atoms with E-state index in [2.05, 4.69) is 6.58 Å². The molecule has 18 heavy (non-hydrogen) atoms. The van der Waals surface area contributed by atoms with E-state index in [1.807, 2.05) is 50.5 Å². The van der Waals surface area contributed by atoms with E-state index in [-0.39, 0.29) is 18.1 Å². The zero-order valence-corrected chi connectivity index (χ0v) is 10.7. The van der Waals surface area contributed by atoms with Crippen molar-refractivity contribution in [1.29, 1.82) is 0 Å². The summed E-state index contributed by atoms with van der Waals surface area (Å²) < 4.78 is 5.83. The number of ketones is 1. The minimum absolute atomic E-state index is 0.00935. The number of hydrogen-bond acceptors (Lipinski definition) is 2. The summed E-state index contributed by atoms with van der Waals surface area (Å²) in [4.78, 5) is 12.2. The molecular weight excluding hydrogens is 226 g/mol. The van der Waals surface area contributed by atoms with Gasteiger partial charge in [-0.25, -0.2) is 0 Å². The normalized spacial score (nSPS) is 19.6. The number of carbonyl (C=O) groups excluding carboxylic acids is 1. The molecule has 1 aliphatic rings. The van der Waals surface area contributed by atoms with E-state index in [9.17, 15) is 4.79 Å². The Morgan fingerprint density at radius 1 is 1.39 bits per heavy atom. The maximum Gasteiger partial charge on any atom is 0.256 e. The molecule has 1 aromatic rings. The quantitative estimate of drug-likeness (QED) is 0.587. The Kier molecular flexibility index (Phi) is 3.34. The molecule has 1 heterocycles. The molecule has 3 nitrogen and oxygen atoms in total. The van der Waals surface area contributed by atoms with Crippen LogP contribution in [-0.4, -0.2) is 30.6 Å². The maximum atomic E-state index is 12.2. The Labute approximate surface area is 108 Å². The molecule has 2 unspecified atom stereocenters. The first-order valence-electron chi connectivity index (χ1n) is 5.94. The number of rotatable bonds is 5. The summed E-state index contributed by atoms with van der Waals surface area (Å²) in [6.07, 6.45) is 4.93. The third-order valence-electron chi connectivity index (χ3n) is 3.37. The Balaban J connectivity index is 2.40. The minimum Gasteiger partial charge on any atom is -0.447 e. The Morgan fingerprint density at radius 3 is 2.44 bits per heavy atom. The van der Waals surface area contributed by atoms with Crippen LogP contribution >= 0.6 is 0 Å². The molecule has 0 bridgehead atoms. The van der Waals surface area contributed by atoms with Crippen LogP contribution in [0.1, 0.15) is 11.6 Å². The largest absolute Gasteiger partial charge is 0.447 e. The number of quaternary nitrogens is 1. The Morgan fingerprint density at radius 2 is 2.00 bits per heavy atom. The molecule has 0 amide bonds. The molecule has 0 spiro atoms. The van der Waals surface area contributed by atoms with Gasteiger partial charge in [-0.1, -0.05) is 36.9 Å². The van der Waals surface area contributed by atoms with E-state index in [1.54, 1.807) is 6.26 Å². The Bertz CT molecular complexity index is 477. The second-order valence-electron chi connectivity index (χ2n) is 4.90. The predicted molar refractivity (Wildman–Crippen MR) is 70.5 cm³/mol. The molecule has 2 atom stereocenters. The number of benzene rings is 1. The summed E-state index contributed by atoms with van der Waals surface area (Å²) in [7, 11) is 3.99. The van der Waals surface area contributed by atoms with Crippen molar-refractivity contribution >= 4 is 5.78 Å². The van der Waals surface area contributed by atoms with Gasteiger partial charge in [0.25, 0.3) is 6.23 Å². The average Bonchev–Trinajstić information content (AvgIpc) is 2.27. The summed E-state index contributed by atoms with van der Waals surface area (Å²) in [5.41, 5.74) is 0.983. The molecule has 2 rings (SSSR count). The van der Waals surface area contributed by atoms with Gasteiger partial charge in [0, 0.05) is 11.6 Å². The molecule has 0 radical (unpaired) electrons. The fourth-order valence-electron chi connectivity index (χ4n) is 2.30. The van der Waals surface area contributed by atoms with E-state index in [0.717, 1.165) is 5.56 Å². The molecule has 0 aromatic heterocycles. The molecular formula is C15H18NO2+. The third-order valence-corrected chi connectivity index (χ3v) is 3.37. The van der Waals surface area contributed by atoms with Crippen molar-refractivity contribution in [3.63, 3.8) is 0 Å². The van der Waals surface area contributed by atoms with Crippen LogP contribution in [0.25, 0.3) is 0 Å². The molecule has 1 aliphatic heterocycles. The molecule has 1 aromatic carbocycles. The van der Waals surface area contributed by atoms with Crippen LogP contribution in [0.2, 0.25) is 0 Å². The molecule has 0 aliphatic carbocycles. The lowest BCUT2D eigenvalue weighted by Crippen LogP contribution is -2.55. The van der Waals surface area contributed by atoms with Gasteiger partial charge < -0.3 is 4.74 Å². The lowest BCUT2D eigenvalue weighted by atomic mass is 9.98. The van der Waals surface area contributed by atoms with Crippen molar-refractivity contribution < 1.29 is 14.0 Å². The van der Waals surface area contributed by atoms with Crippen LogP contribution in [0.5, 0.6) is 0 Å². The van der Waals surface area contributed by atoms with Crippen molar-refractivity contribution in [2.45, 2.75) is 12.3 Å². The lowest BCUT2D eigenvalue weighted by molar-refractivity contribution is -0.951. The topological polar surface area (TPSA) is 26.3 Å². The summed E-state index contributed by atoms with van der Waals surface area (Å²) in [5, 5.41) is 0. The van der Waals surface area contributed by atoms with Gasteiger partial charge in [0.05, 0.1) is 20.4 Å². The summed E-state index contributed by atoms with van der Waals surface area (Å²) >= 11 is 0. The highest BCUT2D eigenvalue weighted by atomic mass is 16.5. The molecule has 0 saturated carbocycles. The fraction of sp³-hybridized carbons (Fsp3) is 0.267. The second kappa shape index (κ2) is 4.78. The van der Waals surface area contributed by atoms with Gasteiger partial charge in [0.2, 0.25) is 5.78 Å². The highest BCUT2D eigenvalue weighted by Gasteiger charge is 2.42. The first kappa shape index (κ1) is 12.6. The van der Waals surface area contributed by atoms with E-state index >= 15 is 0 Å². The van der Waals surface area contributed by atoms with Crippen molar-refractivity contribution in [2.24, 2.45) is 0 Å². The fourth-order valence-corrected chi connectivity index (χ4v) is 2.30. The number of hydrogen-bond donors (Lipinski definition) is 0. The van der Waals surface area contributed by atoms with Gasteiger partial charge in [0.15, 0.2) is 6.04 Å². The van der Waals surface area contributed by atoms with Crippen molar-refractivity contribution in [3.8, 4) is 0 Å². The highest BCUT2D eigenvalue weighted by molar-refractivity contribution is 5.93. The van der Waals surface area contributed by atoms with Crippen LogP contribution in [0.15, 0.2) is 55.3 Å². The van der Waals surface area contributed by atoms with E-state index in [0.29, 0.717) is 4.48 Å². The summed E-state index contributed by atoms with van der Waals surface area (Å²) in [5.74, 6) is 0.00935. The number of nitrogens with zero attached hydrogens (tertiary/aromatic N) is 1. The van der Waals surface area contributed by atoms with Crippen molar-refractivity contribution in [1.82, 2.24) is 0 Å². The van der Waals surface area contributed by atoms with Crippen LogP contribution in [0.3, 0.4) is 0 Å². The zero-order valence-electron chi connectivity index (χ0n) is 10.7. The predicted octanol–water partition coefficient (Wildman–Crippen LogP) is 2.43.